The van der Waals surface area contributed by atoms with E-state index < -0.39 is 12.2 Å². The van der Waals surface area contributed by atoms with Crippen LogP contribution in [-0.2, 0) is 14.3 Å². The van der Waals surface area contributed by atoms with Gasteiger partial charge in [-0.2, -0.15) is 0 Å². The summed E-state index contributed by atoms with van der Waals surface area (Å²) >= 11 is 0. The zero-order valence-electron chi connectivity index (χ0n) is 14.9. The molecule has 0 aromatic carbocycles. The van der Waals surface area contributed by atoms with Crippen molar-refractivity contribution in [3.05, 3.63) is 12.2 Å². The quantitative estimate of drug-likeness (QED) is 0.343. The number of carbonyl (C=O) groups excluding carboxylic acids is 2. The number of esters is 1. The van der Waals surface area contributed by atoms with Gasteiger partial charge in [0.15, 0.2) is 0 Å². The topological polar surface area (TPSA) is 83.8 Å². The second-order valence-electron chi connectivity index (χ2n) is 6.67. The lowest BCUT2D eigenvalue weighted by Crippen LogP contribution is -2.19. The molecule has 24 heavy (non-hydrogen) atoms. The molecule has 1 aliphatic rings. The predicted octanol–water partition coefficient (Wildman–Crippen LogP) is 2.78. The molecular formula is C19H32O5. The first kappa shape index (κ1) is 20.8. The van der Waals surface area contributed by atoms with Crippen molar-refractivity contribution in [2.24, 2.45) is 11.8 Å². The molecule has 0 aromatic heterocycles. The fourth-order valence-electron chi connectivity index (χ4n) is 3.26. The molecule has 0 bridgehead atoms. The standard InChI is InChI=1S/C19H32O5/c1-3-14(20)11-12-16-15(17(21)13-18(16)22)9-7-5-4-6-8-10-19(23)24-2/h11-12,14-17,20-21H,3-10,13H2,1-2H3/b12-11+/t14?,15-,16+,17-/m0/s1. The van der Waals surface area contributed by atoms with E-state index in [-0.39, 0.29) is 30.0 Å². The van der Waals surface area contributed by atoms with Crippen LogP contribution in [0, 0.1) is 11.8 Å². The Kier molecular flexibility index (Phi) is 9.88. The van der Waals surface area contributed by atoms with E-state index in [0.717, 1.165) is 38.5 Å². The molecule has 1 rings (SSSR count). The SMILES string of the molecule is CCC(O)/C=C/[C@H]1C(=O)C[C@H](O)[C@H]1CCCCCCCC(=O)OC. The molecule has 1 saturated carbocycles. The molecule has 0 heterocycles. The minimum Gasteiger partial charge on any atom is -0.469 e. The first-order chi connectivity index (χ1) is 11.5. The van der Waals surface area contributed by atoms with Gasteiger partial charge in [0, 0.05) is 18.8 Å². The number of allylic oxidation sites excluding steroid dienone is 1. The van der Waals surface area contributed by atoms with E-state index in [1.165, 1.54) is 7.11 Å². The maximum atomic E-state index is 12.0. The van der Waals surface area contributed by atoms with Gasteiger partial charge in [0.25, 0.3) is 0 Å². The van der Waals surface area contributed by atoms with E-state index in [9.17, 15) is 19.8 Å². The number of hydrogen-bond acceptors (Lipinski definition) is 5. The highest BCUT2D eigenvalue weighted by atomic mass is 16.5. The number of rotatable bonds is 11. The van der Waals surface area contributed by atoms with E-state index >= 15 is 0 Å². The van der Waals surface area contributed by atoms with Crippen molar-refractivity contribution in [2.75, 3.05) is 7.11 Å². The van der Waals surface area contributed by atoms with E-state index in [1.54, 1.807) is 12.2 Å². The number of carbonyl (C=O) groups is 2. The van der Waals surface area contributed by atoms with E-state index in [4.69, 9.17) is 0 Å². The molecule has 0 saturated heterocycles. The second-order valence-corrected chi connectivity index (χ2v) is 6.67. The van der Waals surface area contributed by atoms with Gasteiger partial charge in [-0.05, 0) is 25.2 Å². The summed E-state index contributed by atoms with van der Waals surface area (Å²) in [5.41, 5.74) is 0. The zero-order valence-corrected chi connectivity index (χ0v) is 14.9. The van der Waals surface area contributed by atoms with Gasteiger partial charge < -0.3 is 14.9 Å². The van der Waals surface area contributed by atoms with Gasteiger partial charge >= 0.3 is 5.97 Å². The highest BCUT2D eigenvalue weighted by molar-refractivity contribution is 5.85. The molecule has 1 fully saturated rings. The Hall–Kier alpha value is -1.20. The van der Waals surface area contributed by atoms with Crippen molar-refractivity contribution in [3.63, 3.8) is 0 Å². The summed E-state index contributed by atoms with van der Waals surface area (Å²) in [6.45, 7) is 1.89. The maximum absolute atomic E-state index is 12.0. The highest BCUT2D eigenvalue weighted by Gasteiger charge is 2.39. The molecule has 4 atom stereocenters. The monoisotopic (exact) mass is 340 g/mol. The molecule has 138 valence electrons. The Labute approximate surface area is 145 Å². The lowest BCUT2D eigenvalue weighted by molar-refractivity contribution is -0.140. The minimum atomic E-state index is -0.565. The molecule has 0 radical (unpaired) electrons. The van der Waals surface area contributed by atoms with Crippen molar-refractivity contribution < 1.29 is 24.5 Å². The molecule has 1 aliphatic carbocycles. The number of aliphatic hydroxyl groups excluding tert-OH is 2. The number of Topliss-reactive ketones (excluding diaryl/α,β-unsaturated/α-hetero) is 1. The normalized spacial score (nSPS) is 25.3. The number of methoxy groups -OCH3 is 1. The Bertz CT molecular complexity index is 418. The van der Waals surface area contributed by atoms with E-state index in [1.807, 2.05) is 6.92 Å². The summed E-state index contributed by atoms with van der Waals surface area (Å²) in [5.74, 6) is -0.384. The van der Waals surface area contributed by atoms with Gasteiger partial charge in [0.05, 0.1) is 19.3 Å². The number of unbranched alkanes of at least 4 members (excludes halogenated alkanes) is 4. The second kappa shape index (κ2) is 11.4. The highest BCUT2D eigenvalue weighted by Crippen LogP contribution is 2.34. The van der Waals surface area contributed by atoms with Crippen LogP contribution in [0.1, 0.15) is 64.7 Å². The molecule has 5 heteroatoms. The van der Waals surface area contributed by atoms with Crippen LogP contribution in [0.5, 0.6) is 0 Å². The summed E-state index contributed by atoms with van der Waals surface area (Å²) < 4.78 is 4.60. The van der Waals surface area contributed by atoms with Crippen LogP contribution < -0.4 is 0 Å². The third-order valence-electron chi connectivity index (χ3n) is 4.84. The van der Waals surface area contributed by atoms with Crippen molar-refractivity contribution >= 4 is 11.8 Å². The average Bonchev–Trinajstić information content (AvgIpc) is 2.84. The Morgan fingerprint density at radius 2 is 1.96 bits per heavy atom. The Balaban J connectivity index is 2.29. The first-order valence-electron chi connectivity index (χ1n) is 9.13. The van der Waals surface area contributed by atoms with Crippen LogP contribution >= 0.6 is 0 Å². The minimum absolute atomic E-state index is 0.0344. The lowest BCUT2D eigenvalue weighted by atomic mass is 9.88. The van der Waals surface area contributed by atoms with Gasteiger partial charge in [-0.1, -0.05) is 44.8 Å². The third kappa shape index (κ3) is 7.14. The van der Waals surface area contributed by atoms with Gasteiger partial charge in [-0.15, -0.1) is 0 Å². The Morgan fingerprint density at radius 1 is 1.29 bits per heavy atom. The largest absolute Gasteiger partial charge is 0.469 e. The van der Waals surface area contributed by atoms with Gasteiger partial charge in [0.2, 0.25) is 0 Å². The van der Waals surface area contributed by atoms with Crippen molar-refractivity contribution in [2.45, 2.75) is 76.9 Å². The van der Waals surface area contributed by atoms with Gasteiger partial charge in [-0.3, -0.25) is 9.59 Å². The van der Waals surface area contributed by atoms with Gasteiger partial charge in [0.1, 0.15) is 5.78 Å². The Morgan fingerprint density at radius 3 is 2.62 bits per heavy atom. The third-order valence-corrected chi connectivity index (χ3v) is 4.84. The van der Waals surface area contributed by atoms with E-state index in [0.29, 0.717) is 12.8 Å². The van der Waals surface area contributed by atoms with Gasteiger partial charge in [-0.25, -0.2) is 0 Å². The summed E-state index contributed by atoms with van der Waals surface area (Å²) in [7, 11) is 1.40. The summed E-state index contributed by atoms with van der Waals surface area (Å²) in [6, 6.07) is 0. The summed E-state index contributed by atoms with van der Waals surface area (Å²) in [5, 5.41) is 19.7. The fourth-order valence-corrected chi connectivity index (χ4v) is 3.26. The molecule has 1 unspecified atom stereocenters. The fraction of sp³-hybridized carbons (Fsp3) is 0.789. The summed E-state index contributed by atoms with van der Waals surface area (Å²) in [6.07, 6.45) is 9.40. The smallest absolute Gasteiger partial charge is 0.305 e. The predicted molar refractivity (Wildman–Crippen MR) is 92.4 cm³/mol. The van der Waals surface area contributed by atoms with Crippen LogP contribution in [0.4, 0.5) is 0 Å². The number of hydrogen-bond donors (Lipinski definition) is 2. The van der Waals surface area contributed by atoms with Crippen molar-refractivity contribution in [1.82, 2.24) is 0 Å². The van der Waals surface area contributed by atoms with Crippen LogP contribution in [0.2, 0.25) is 0 Å². The van der Waals surface area contributed by atoms with Crippen molar-refractivity contribution in [3.8, 4) is 0 Å². The lowest BCUT2D eigenvalue weighted by Gasteiger charge is -2.18. The molecule has 5 nitrogen and oxygen atoms in total. The van der Waals surface area contributed by atoms with E-state index in [2.05, 4.69) is 4.74 Å². The average molecular weight is 340 g/mol. The molecule has 0 aromatic rings. The number of ketones is 1. The zero-order chi connectivity index (χ0) is 17.9. The van der Waals surface area contributed by atoms with Crippen LogP contribution in [-0.4, -0.2) is 41.3 Å². The molecule has 0 spiro atoms. The summed E-state index contributed by atoms with van der Waals surface area (Å²) in [4.78, 5) is 23.0. The molecular weight excluding hydrogens is 308 g/mol. The molecule has 0 amide bonds. The van der Waals surface area contributed by atoms with Crippen LogP contribution in [0.25, 0.3) is 0 Å². The molecule has 2 N–H and O–H groups in total. The van der Waals surface area contributed by atoms with Crippen molar-refractivity contribution in [1.29, 1.82) is 0 Å². The van der Waals surface area contributed by atoms with Crippen LogP contribution in [0.15, 0.2) is 12.2 Å². The first-order valence-corrected chi connectivity index (χ1v) is 9.13. The molecule has 0 aliphatic heterocycles. The van der Waals surface area contributed by atoms with Crippen LogP contribution in [0.3, 0.4) is 0 Å². The number of ether oxygens (including phenoxy) is 1. The number of aliphatic hydroxyl groups is 2. The maximum Gasteiger partial charge on any atom is 0.305 e.